The van der Waals surface area contributed by atoms with Crippen LogP contribution in [0.4, 0.5) is 5.69 Å². The van der Waals surface area contributed by atoms with E-state index < -0.39 is 0 Å². The standard InChI is InChI=1S/C18H14N4O2/c23-16(11-22-10-9-12-5-1-4-8-15(12)22)20-21-17-13-6-2-3-7-14(13)19-18(17)24/h1-10,19,24H,11H2. The third-order valence-electron chi connectivity index (χ3n) is 3.91. The average molecular weight is 318 g/mol. The van der Waals surface area contributed by atoms with E-state index >= 15 is 0 Å². The molecule has 0 aliphatic carbocycles. The number of azo groups is 1. The summed E-state index contributed by atoms with van der Waals surface area (Å²) in [5, 5.41) is 19.4. The number of hydrogen-bond acceptors (Lipinski definition) is 3. The predicted molar refractivity (Wildman–Crippen MR) is 91.4 cm³/mol. The van der Waals surface area contributed by atoms with Crippen LogP contribution in [0.5, 0.6) is 5.88 Å². The van der Waals surface area contributed by atoms with Gasteiger partial charge in [0.2, 0.25) is 5.88 Å². The lowest BCUT2D eigenvalue weighted by molar-refractivity contribution is -0.118. The number of aromatic amines is 1. The minimum atomic E-state index is -0.388. The average Bonchev–Trinajstić information content (AvgIpc) is 3.14. The van der Waals surface area contributed by atoms with E-state index in [2.05, 4.69) is 15.2 Å². The molecule has 2 aromatic carbocycles. The van der Waals surface area contributed by atoms with E-state index in [9.17, 15) is 9.90 Å². The number of fused-ring (bicyclic) bond motifs is 2. The van der Waals surface area contributed by atoms with Crippen molar-refractivity contribution in [1.29, 1.82) is 0 Å². The van der Waals surface area contributed by atoms with Crippen LogP contribution in [0.2, 0.25) is 0 Å². The number of aromatic hydroxyl groups is 1. The smallest absolute Gasteiger partial charge is 0.284 e. The predicted octanol–water partition coefficient (Wildman–Crippen LogP) is 4.14. The molecule has 0 unspecified atom stereocenters. The van der Waals surface area contributed by atoms with Crippen LogP contribution in [-0.2, 0) is 11.3 Å². The molecule has 0 saturated carbocycles. The maximum atomic E-state index is 12.1. The summed E-state index contributed by atoms with van der Waals surface area (Å²) in [5.74, 6) is -0.486. The molecule has 24 heavy (non-hydrogen) atoms. The Hall–Kier alpha value is -3.41. The van der Waals surface area contributed by atoms with Gasteiger partial charge in [-0.3, -0.25) is 4.79 Å². The van der Waals surface area contributed by atoms with Gasteiger partial charge in [0, 0.05) is 17.1 Å². The molecular formula is C18H14N4O2. The molecule has 6 heteroatoms. The number of rotatable bonds is 3. The van der Waals surface area contributed by atoms with Crippen LogP contribution in [0.25, 0.3) is 21.8 Å². The molecule has 1 amide bonds. The summed E-state index contributed by atoms with van der Waals surface area (Å²) in [5.41, 5.74) is 1.99. The van der Waals surface area contributed by atoms with E-state index in [0.29, 0.717) is 0 Å². The van der Waals surface area contributed by atoms with Gasteiger partial charge >= 0.3 is 0 Å². The van der Waals surface area contributed by atoms with Crippen LogP contribution in [0.3, 0.4) is 0 Å². The lowest BCUT2D eigenvalue weighted by atomic mass is 10.2. The zero-order valence-corrected chi connectivity index (χ0v) is 12.7. The van der Waals surface area contributed by atoms with Gasteiger partial charge in [0.05, 0.1) is 5.52 Å². The first-order chi connectivity index (χ1) is 11.7. The van der Waals surface area contributed by atoms with Gasteiger partial charge in [-0.05, 0) is 23.6 Å². The van der Waals surface area contributed by atoms with Crippen LogP contribution >= 0.6 is 0 Å². The highest BCUT2D eigenvalue weighted by Crippen LogP contribution is 2.35. The number of nitrogens with one attached hydrogen (secondary N) is 1. The highest BCUT2D eigenvalue weighted by Gasteiger charge is 2.11. The van der Waals surface area contributed by atoms with Gasteiger partial charge in [0.15, 0.2) is 5.69 Å². The lowest BCUT2D eigenvalue weighted by Crippen LogP contribution is -2.05. The molecule has 6 nitrogen and oxygen atoms in total. The summed E-state index contributed by atoms with van der Waals surface area (Å²) in [4.78, 5) is 14.9. The normalized spacial score (nSPS) is 11.7. The van der Waals surface area contributed by atoms with Crippen LogP contribution in [-0.4, -0.2) is 20.6 Å². The molecule has 2 N–H and O–H groups in total. The molecule has 4 rings (SSSR count). The van der Waals surface area contributed by atoms with Crippen molar-refractivity contribution in [2.45, 2.75) is 6.54 Å². The van der Waals surface area contributed by atoms with Crippen molar-refractivity contribution in [3.05, 3.63) is 60.8 Å². The SMILES string of the molecule is O=C(Cn1ccc2ccccc21)N=Nc1c(O)[nH]c2ccccc12. The third-order valence-corrected chi connectivity index (χ3v) is 3.91. The Morgan fingerprint density at radius 2 is 1.88 bits per heavy atom. The second-order valence-corrected chi connectivity index (χ2v) is 5.46. The lowest BCUT2D eigenvalue weighted by Gasteiger charge is -2.00. The molecule has 0 atom stereocenters. The van der Waals surface area contributed by atoms with Gasteiger partial charge in [0.25, 0.3) is 5.91 Å². The van der Waals surface area contributed by atoms with Crippen LogP contribution in [0.1, 0.15) is 0 Å². The van der Waals surface area contributed by atoms with Gasteiger partial charge < -0.3 is 14.7 Å². The number of carbonyl (C=O) groups excluding carboxylic acids is 1. The van der Waals surface area contributed by atoms with Crippen molar-refractivity contribution in [2.75, 3.05) is 0 Å². The molecule has 0 radical (unpaired) electrons. The topological polar surface area (TPSA) is 82.7 Å². The van der Waals surface area contributed by atoms with E-state index in [1.54, 1.807) is 0 Å². The molecule has 118 valence electrons. The molecule has 0 fully saturated rings. The van der Waals surface area contributed by atoms with Crippen LogP contribution in [0.15, 0.2) is 71.0 Å². The summed E-state index contributed by atoms with van der Waals surface area (Å²) >= 11 is 0. The van der Waals surface area contributed by atoms with Crippen molar-refractivity contribution in [3.63, 3.8) is 0 Å². The van der Waals surface area contributed by atoms with Crippen LogP contribution in [0, 0.1) is 0 Å². The van der Waals surface area contributed by atoms with E-state index in [0.717, 1.165) is 21.8 Å². The molecule has 0 aliphatic heterocycles. The molecule has 0 bridgehead atoms. The molecule has 4 aromatic rings. The highest BCUT2D eigenvalue weighted by atomic mass is 16.3. The van der Waals surface area contributed by atoms with Crippen molar-refractivity contribution in [2.24, 2.45) is 10.2 Å². The summed E-state index contributed by atoms with van der Waals surface area (Å²) in [6.45, 7) is 0.0974. The largest absolute Gasteiger partial charge is 0.493 e. The van der Waals surface area contributed by atoms with Gasteiger partial charge in [-0.2, -0.15) is 0 Å². The minimum absolute atomic E-state index is 0.0974. The first-order valence-electron chi connectivity index (χ1n) is 7.50. The number of para-hydroxylation sites is 2. The molecule has 0 spiro atoms. The summed E-state index contributed by atoms with van der Waals surface area (Å²) in [6.07, 6.45) is 1.85. The number of aromatic nitrogens is 2. The summed E-state index contributed by atoms with van der Waals surface area (Å²) in [7, 11) is 0. The molecular weight excluding hydrogens is 304 g/mol. The molecule has 0 aliphatic rings. The molecule has 2 heterocycles. The Morgan fingerprint density at radius 3 is 2.79 bits per heavy atom. The number of carbonyl (C=O) groups is 1. The Bertz CT molecular complexity index is 1070. The third kappa shape index (κ3) is 2.44. The first kappa shape index (κ1) is 14.2. The van der Waals surface area contributed by atoms with E-state index in [-0.39, 0.29) is 24.0 Å². The first-order valence-corrected chi connectivity index (χ1v) is 7.50. The van der Waals surface area contributed by atoms with Gasteiger partial charge in [-0.15, -0.1) is 10.2 Å². The Labute approximate surface area is 137 Å². The fourth-order valence-corrected chi connectivity index (χ4v) is 2.78. The van der Waals surface area contributed by atoms with Crippen molar-refractivity contribution >= 4 is 33.4 Å². The quantitative estimate of drug-likeness (QED) is 0.556. The number of benzene rings is 2. The van der Waals surface area contributed by atoms with Gasteiger partial charge in [-0.25, -0.2) is 0 Å². The zero-order valence-electron chi connectivity index (χ0n) is 12.7. The highest BCUT2D eigenvalue weighted by molar-refractivity contribution is 5.94. The number of hydrogen-bond donors (Lipinski definition) is 2. The van der Waals surface area contributed by atoms with Crippen LogP contribution < -0.4 is 0 Å². The number of H-pyrrole nitrogens is 1. The monoisotopic (exact) mass is 318 g/mol. The molecule has 0 saturated heterocycles. The number of nitrogens with zero attached hydrogens (tertiary/aromatic N) is 3. The van der Waals surface area contributed by atoms with E-state index in [4.69, 9.17) is 0 Å². The van der Waals surface area contributed by atoms with Crippen molar-refractivity contribution < 1.29 is 9.90 Å². The minimum Gasteiger partial charge on any atom is -0.493 e. The van der Waals surface area contributed by atoms with E-state index in [1.807, 2.05) is 65.4 Å². The zero-order chi connectivity index (χ0) is 16.5. The Morgan fingerprint density at radius 1 is 1.08 bits per heavy atom. The second-order valence-electron chi connectivity index (χ2n) is 5.46. The Balaban J connectivity index is 1.59. The summed E-state index contributed by atoms with van der Waals surface area (Å²) in [6, 6.07) is 17.1. The maximum Gasteiger partial charge on any atom is 0.284 e. The van der Waals surface area contributed by atoms with E-state index in [1.165, 1.54) is 0 Å². The van der Waals surface area contributed by atoms with Crippen molar-refractivity contribution in [3.8, 4) is 5.88 Å². The fraction of sp³-hybridized carbons (Fsp3) is 0.0556. The molecule has 2 aromatic heterocycles. The second kappa shape index (κ2) is 5.66. The number of amides is 1. The Kier molecular flexibility index (Phi) is 3.35. The van der Waals surface area contributed by atoms with Gasteiger partial charge in [-0.1, -0.05) is 36.4 Å². The fourth-order valence-electron chi connectivity index (χ4n) is 2.78. The van der Waals surface area contributed by atoms with Gasteiger partial charge in [0.1, 0.15) is 6.54 Å². The van der Waals surface area contributed by atoms with Crippen molar-refractivity contribution in [1.82, 2.24) is 9.55 Å². The summed E-state index contributed by atoms with van der Waals surface area (Å²) < 4.78 is 1.83. The maximum absolute atomic E-state index is 12.1.